The molecule has 0 unspecified atom stereocenters. The van der Waals surface area contributed by atoms with E-state index in [4.69, 9.17) is 9.26 Å². The summed E-state index contributed by atoms with van der Waals surface area (Å²) < 4.78 is 10.4. The SMILES string of the molecule is COCc1ccccc1CNC(=O)c1c(C)noc1C(C)C. The molecule has 1 N–H and O–H groups in total. The fraction of sp³-hybridized carbons (Fsp3) is 0.412. The van der Waals surface area contributed by atoms with Gasteiger partial charge in [-0.15, -0.1) is 0 Å². The molecule has 0 saturated heterocycles. The van der Waals surface area contributed by atoms with Crippen LogP contribution in [0.25, 0.3) is 0 Å². The summed E-state index contributed by atoms with van der Waals surface area (Å²) in [5.41, 5.74) is 3.26. The maximum Gasteiger partial charge on any atom is 0.257 e. The molecule has 5 heteroatoms. The molecule has 1 heterocycles. The van der Waals surface area contributed by atoms with Gasteiger partial charge in [0, 0.05) is 19.6 Å². The molecule has 0 aliphatic carbocycles. The Labute approximate surface area is 130 Å². The Kier molecular flexibility index (Phi) is 5.33. The van der Waals surface area contributed by atoms with E-state index in [-0.39, 0.29) is 11.8 Å². The van der Waals surface area contributed by atoms with Crippen LogP contribution in [-0.4, -0.2) is 18.2 Å². The highest BCUT2D eigenvalue weighted by Gasteiger charge is 2.22. The Hall–Kier alpha value is -2.14. The second-order valence-corrected chi connectivity index (χ2v) is 5.55. The lowest BCUT2D eigenvalue weighted by atomic mass is 10.0. The van der Waals surface area contributed by atoms with Gasteiger partial charge in [0.05, 0.1) is 12.3 Å². The van der Waals surface area contributed by atoms with Crippen LogP contribution in [0.5, 0.6) is 0 Å². The predicted molar refractivity (Wildman–Crippen MR) is 83.7 cm³/mol. The zero-order chi connectivity index (χ0) is 16.1. The van der Waals surface area contributed by atoms with Crippen molar-refractivity contribution in [3.8, 4) is 0 Å². The number of hydrogen-bond acceptors (Lipinski definition) is 4. The fourth-order valence-corrected chi connectivity index (χ4v) is 2.35. The van der Waals surface area contributed by atoms with Crippen LogP contribution in [0.4, 0.5) is 0 Å². The molecule has 5 nitrogen and oxygen atoms in total. The van der Waals surface area contributed by atoms with Crippen molar-refractivity contribution in [2.45, 2.75) is 39.8 Å². The molecule has 2 rings (SSSR count). The van der Waals surface area contributed by atoms with Crippen LogP contribution in [0.3, 0.4) is 0 Å². The molecule has 0 saturated carbocycles. The molecule has 0 aliphatic heterocycles. The van der Waals surface area contributed by atoms with Gasteiger partial charge in [0.15, 0.2) is 5.76 Å². The van der Waals surface area contributed by atoms with E-state index in [0.717, 1.165) is 11.1 Å². The number of rotatable bonds is 6. The van der Waals surface area contributed by atoms with Gasteiger partial charge >= 0.3 is 0 Å². The molecule has 0 fully saturated rings. The van der Waals surface area contributed by atoms with Gasteiger partial charge < -0.3 is 14.6 Å². The Morgan fingerprint density at radius 2 is 2.00 bits per heavy atom. The third-order valence-corrected chi connectivity index (χ3v) is 3.50. The molecule has 1 aromatic carbocycles. The van der Waals surface area contributed by atoms with Crippen molar-refractivity contribution < 1.29 is 14.1 Å². The van der Waals surface area contributed by atoms with Crippen LogP contribution >= 0.6 is 0 Å². The minimum atomic E-state index is -0.158. The molecule has 22 heavy (non-hydrogen) atoms. The van der Waals surface area contributed by atoms with E-state index in [9.17, 15) is 4.79 Å². The molecule has 0 atom stereocenters. The number of methoxy groups -OCH3 is 1. The first-order valence-corrected chi connectivity index (χ1v) is 7.34. The van der Waals surface area contributed by atoms with Crippen molar-refractivity contribution >= 4 is 5.91 Å². The summed E-state index contributed by atoms with van der Waals surface area (Å²) >= 11 is 0. The molecule has 1 aromatic heterocycles. The lowest BCUT2D eigenvalue weighted by Gasteiger charge is -2.10. The minimum Gasteiger partial charge on any atom is -0.380 e. The standard InChI is InChI=1S/C17H22N2O3/c1-11(2)16-15(12(3)19-22-16)17(20)18-9-13-7-5-6-8-14(13)10-21-4/h5-8,11H,9-10H2,1-4H3,(H,18,20). The average Bonchev–Trinajstić information content (AvgIpc) is 2.88. The van der Waals surface area contributed by atoms with E-state index < -0.39 is 0 Å². The number of amides is 1. The number of aromatic nitrogens is 1. The summed E-state index contributed by atoms with van der Waals surface area (Å²) in [6, 6.07) is 7.89. The molecule has 2 aromatic rings. The molecule has 0 bridgehead atoms. The Morgan fingerprint density at radius 3 is 2.64 bits per heavy atom. The van der Waals surface area contributed by atoms with Crippen LogP contribution in [0.2, 0.25) is 0 Å². The van der Waals surface area contributed by atoms with Gasteiger partial charge in [-0.2, -0.15) is 0 Å². The second-order valence-electron chi connectivity index (χ2n) is 5.55. The van der Waals surface area contributed by atoms with Crippen molar-refractivity contribution in [2.24, 2.45) is 0 Å². The van der Waals surface area contributed by atoms with Gasteiger partial charge in [-0.1, -0.05) is 43.3 Å². The highest BCUT2D eigenvalue weighted by Crippen LogP contribution is 2.22. The van der Waals surface area contributed by atoms with E-state index in [2.05, 4.69) is 10.5 Å². The van der Waals surface area contributed by atoms with Crippen molar-refractivity contribution in [3.05, 3.63) is 52.4 Å². The third kappa shape index (κ3) is 3.54. The number of ether oxygens (including phenoxy) is 1. The van der Waals surface area contributed by atoms with Crippen molar-refractivity contribution in [3.63, 3.8) is 0 Å². The fourth-order valence-electron chi connectivity index (χ4n) is 2.35. The van der Waals surface area contributed by atoms with Gasteiger partial charge in [-0.05, 0) is 18.1 Å². The zero-order valence-corrected chi connectivity index (χ0v) is 13.5. The van der Waals surface area contributed by atoms with Crippen LogP contribution in [0.1, 0.15) is 52.7 Å². The molecular weight excluding hydrogens is 280 g/mol. The van der Waals surface area contributed by atoms with E-state index in [1.54, 1.807) is 14.0 Å². The van der Waals surface area contributed by atoms with Crippen molar-refractivity contribution in [1.29, 1.82) is 0 Å². The van der Waals surface area contributed by atoms with E-state index in [1.807, 2.05) is 38.1 Å². The third-order valence-electron chi connectivity index (χ3n) is 3.50. The molecule has 118 valence electrons. The van der Waals surface area contributed by atoms with E-state index >= 15 is 0 Å². The average molecular weight is 302 g/mol. The summed E-state index contributed by atoms with van der Waals surface area (Å²) in [5, 5.41) is 6.85. The van der Waals surface area contributed by atoms with Crippen molar-refractivity contribution in [2.75, 3.05) is 7.11 Å². The van der Waals surface area contributed by atoms with Gasteiger partial charge in [0.2, 0.25) is 0 Å². The lowest BCUT2D eigenvalue weighted by molar-refractivity contribution is 0.0947. The number of carbonyl (C=O) groups excluding carboxylic acids is 1. The number of aryl methyl sites for hydroxylation is 1. The Morgan fingerprint density at radius 1 is 1.32 bits per heavy atom. The van der Waals surface area contributed by atoms with Gasteiger partial charge in [0.25, 0.3) is 5.91 Å². The lowest BCUT2D eigenvalue weighted by Crippen LogP contribution is -2.25. The summed E-state index contributed by atoms with van der Waals surface area (Å²) in [6.45, 7) is 6.70. The van der Waals surface area contributed by atoms with Crippen LogP contribution in [-0.2, 0) is 17.9 Å². The van der Waals surface area contributed by atoms with Gasteiger partial charge in [0.1, 0.15) is 5.56 Å². The number of hydrogen-bond donors (Lipinski definition) is 1. The Balaban J connectivity index is 2.12. The van der Waals surface area contributed by atoms with Gasteiger partial charge in [-0.25, -0.2) is 0 Å². The van der Waals surface area contributed by atoms with Crippen LogP contribution in [0.15, 0.2) is 28.8 Å². The van der Waals surface area contributed by atoms with Gasteiger partial charge in [-0.3, -0.25) is 4.79 Å². The topological polar surface area (TPSA) is 64.4 Å². The largest absolute Gasteiger partial charge is 0.380 e. The number of benzene rings is 1. The zero-order valence-electron chi connectivity index (χ0n) is 13.5. The quantitative estimate of drug-likeness (QED) is 0.890. The van der Waals surface area contributed by atoms with E-state index in [0.29, 0.717) is 30.2 Å². The number of nitrogens with zero attached hydrogens (tertiary/aromatic N) is 1. The monoisotopic (exact) mass is 302 g/mol. The number of nitrogens with one attached hydrogen (secondary N) is 1. The molecule has 0 aliphatic rings. The first-order chi connectivity index (χ1) is 10.5. The second kappa shape index (κ2) is 7.22. The predicted octanol–water partition coefficient (Wildman–Crippen LogP) is 3.18. The normalized spacial score (nSPS) is 11.0. The minimum absolute atomic E-state index is 0.114. The highest BCUT2D eigenvalue weighted by atomic mass is 16.5. The molecular formula is C17H22N2O3. The maximum atomic E-state index is 12.5. The summed E-state index contributed by atoms with van der Waals surface area (Å²) in [5.74, 6) is 0.581. The summed E-state index contributed by atoms with van der Waals surface area (Å²) in [7, 11) is 1.66. The maximum absolute atomic E-state index is 12.5. The smallest absolute Gasteiger partial charge is 0.257 e. The molecule has 1 amide bonds. The molecule has 0 spiro atoms. The highest BCUT2D eigenvalue weighted by molar-refractivity contribution is 5.96. The first kappa shape index (κ1) is 16.2. The summed E-state index contributed by atoms with van der Waals surface area (Å²) in [6.07, 6.45) is 0. The number of carbonyl (C=O) groups is 1. The van der Waals surface area contributed by atoms with Crippen LogP contribution < -0.4 is 5.32 Å². The first-order valence-electron chi connectivity index (χ1n) is 7.34. The van der Waals surface area contributed by atoms with Crippen LogP contribution in [0, 0.1) is 6.92 Å². The molecule has 0 radical (unpaired) electrons. The van der Waals surface area contributed by atoms with E-state index in [1.165, 1.54) is 0 Å². The summed E-state index contributed by atoms with van der Waals surface area (Å²) in [4.78, 5) is 12.5. The van der Waals surface area contributed by atoms with Crippen molar-refractivity contribution in [1.82, 2.24) is 10.5 Å². The Bertz CT molecular complexity index is 647.